The fourth-order valence-corrected chi connectivity index (χ4v) is 2.78. The van der Waals surface area contributed by atoms with Gasteiger partial charge in [-0.25, -0.2) is 0 Å². The maximum absolute atomic E-state index is 12.6. The quantitative estimate of drug-likeness (QED) is 0.894. The number of nitrogen functional groups attached to an aromatic ring is 1. The number of likely N-dealkylation sites (N-methyl/N-ethyl adjacent to an activating group) is 2. The molecule has 0 aliphatic carbocycles. The molecule has 0 saturated carbocycles. The largest absolute Gasteiger partial charge is 0.397 e. The molecule has 2 rings (SSSR count). The summed E-state index contributed by atoms with van der Waals surface area (Å²) < 4.78 is 1.92. The number of aryl methyl sites for hydroxylation is 1. The van der Waals surface area contributed by atoms with E-state index in [-0.39, 0.29) is 5.91 Å². The van der Waals surface area contributed by atoms with Crippen LogP contribution in [0.2, 0.25) is 0 Å². The average Bonchev–Trinajstić information content (AvgIpc) is 2.78. The summed E-state index contributed by atoms with van der Waals surface area (Å²) in [5.74, 6) is 0.0684. The number of nitrogens with two attached hydrogens (primary N) is 1. The van der Waals surface area contributed by atoms with E-state index in [0.29, 0.717) is 17.4 Å². The van der Waals surface area contributed by atoms with Crippen molar-refractivity contribution in [3.63, 3.8) is 0 Å². The van der Waals surface area contributed by atoms with E-state index in [1.54, 1.807) is 6.07 Å². The van der Waals surface area contributed by atoms with Gasteiger partial charge in [-0.2, -0.15) is 0 Å². The number of hydrogen-bond acceptors (Lipinski definition) is 3. The van der Waals surface area contributed by atoms with Crippen molar-refractivity contribution in [2.24, 2.45) is 0 Å². The van der Waals surface area contributed by atoms with Crippen LogP contribution in [0.3, 0.4) is 0 Å². The van der Waals surface area contributed by atoms with Crippen LogP contribution < -0.4 is 5.73 Å². The summed E-state index contributed by atoms with van der Waals surface area (Å²) in [6, 6.07) is 2.07. The molecular weight excluding hydrogens is 240 g/mol. The zero-order valence-electron chi connectivity index (χ0n) is 12.1. The third kappa shape index (κ3) is 2.92. The van der Waals surface area contributed by atoms with Gasteiger partial charge in [-0.15, -0.1) is 0 Å². The SMILES string of the molecule is CCn1cc(N)cc1C(=O)N(C)C1CCCN(C)C1. The Morgan fingerprint density at radius 1 is 1.58 bits per heavy atom. The second-order valence-electron chi connectivity index (χ2n) is 5.42. The summed E-state index contributed by atoms with van der Waals surface area (Å²) in [7, 11) is 4.01. The highest BCUT2D eigenvalue weighted by molar-refractivity contribution is 5.93. The van der Waals surface area contributed by atoms with Crippen LogP contribution >= 0.6 is 0 Å². The van der Waals surface area contributed by atoms with Gasteiger partial charge in [-0.3, -0.25) is 4.79 Å². The molecule has 19 heavy (non-hydrogen) atoms. The molecule has 0 aromatic carbocycles. The molecule has 1 aromatic heterocycles. The van der Waals surface area contributed by atoms with E-state index in [0.717, 1.165) is 32.5 Å². The Morgan fingerprint density at radius 3 is 2.95 bits per heavy atom. The first-order chi connectivity index (χ1) is 9.02. The van der Waals surface area contributed by atoms with Crippen LogP contribution in [0, 0.1) is 0 Å². The summed E-state index contributed by atoms with van der Waals surface area (Å²) >= 11 is 0. The summed E-state index contributed by atoms with van der Waals surface area (Å²) in [5.41, 5.74) is 7.14. The molecule has 1 aromatic rings. The van der Waals surface area contributed by atoms with Gasteiger partial charge in [0.15, 0.2) is 0 Å². The van der Waals surface area contributed by atoms with Gasteiger partial charge in [0.1, 0.15) is 5.69 Å². The third-order valence-electron chi connectivity index (χ3n) is 3.95. The van der Waals surface area contributed by atoms with Crippen molar-refractivity contribution >= 4 is 11.6 Å². The average molecular weight is 264 g/mol. The van der Waals surface area contributed by atoms with Gasteiger partial charge < -0.3 is 20.1 Å². The van der Waals surface area contributed by atoms with Crippen LogP contribution in [-0.2, 0) is 6.54 Å². The van der Waals surface area contributed by atoms with Crippen molar-refractivity contribution in [1.29, 1.82) is 0 Å². The second kappa shape index (κ2) is 5.65. The van der Waals surface area contributed by atoms with Crippen LogP contribution in [0.4, 0.5) is 5.69 Å². The number of piperidine rings is 1. The number of nitrogens with zero attached hydrogens (tertiary/aromatic N) is 3. The number of carbonyl (C=O) groups is 1. The van der Waals surface area contributed by atoms with Crippen molar-refractivity contribution in [2.45, 2.75) is 32.4 Å². The predicted octanol–water partition coefficient (Wildman–Crippen LogP) is 1.26. The number of hydrogen-bond donors (Lipinski definition) is 1. The topological polar surface area (TPSA) is 54.5 Å². The van der Waals surface area contributed by atoms with Gasteiger partial charge in [-0.05, 0) is 39.4 Å². The van der Waals surface area contributed by atoms with Gasteiger partial charge >= 0.3 is 0 Å². The molecule has 2 heterocycles. The van der Waals surface area contributed by atoms with Gasteiger partial charge in [0, 0.05) is 32.4 Å². The van der Waals surface area contributed by atoms with E-state index < -0.39 is 0 Å². The molecule has 1 fully saturated rings. The van der Waals surface area contributed by atoms with Crippen molar-refractivity contribution in [1.82, 2.24) is 14.4 Å². The molecule has 1 unspecified atom stereocenters. The first-order valence-electron chi connectivity index (χ1n) is 6.94. The molecule has 2 N–H and O–H groups in total. The van der Waals surface area contributed by atoms with Crippen LogP contribution in [-0.4, -0.2) is 53.5 Å². The van der Waals surface area contributed by atoms with Gasteiger partial charge in [0.05, 0.1) is 5.69 Å². The Morgan fingerprint density at radius 2 is 2.32 bits per heavy atom. The smallest absolute Gasteiger partial charge is 0.270 e. The minimum atomic E-state index is 0.0684. The molecule has 0 bridgehead atoms. The van der Waals surface area contributed by atoms with E-state index in [4.69, 9.17) is 5.73 Å². The minimum Gasteiger partial charge on any atom is -0.397 e. The van der Waals surface area contributed by atoms with Crippen LogP contribution in [0.5, 0.6) is 0 Å². The monoisotopic (exact) mass is 264 g/mol. The molecule has 0 radical (unpaired) electrons. The minimum absolute atomic E-state index is 0.0684. The predicted molar refractivity (Wildman–Crippen MR) is 77.1 cm³/mol. The maximum Gasteiger partial charge on any atom is 0.270 e. The maximum atomic E-state index is 12.6. The number of aromatic nitrogens is 1. The second-order valence-corrected chi connectivity index (χ2v) is 5.42. The zero-order chi connectivity index (χ0) is 14.0. The normalized spacial score (nSPS) is 20.5. The molecule has 1 atom stereocenters. The highest BCUT2D eigenvalue weighted by Crippen LogP contribution is 2.18. The lowest BCUT2D eigenvalue weighted by atomic mass is 10.0. The third-order valence-corrected chi connectivity index (χ3v) is 3.95. The number of amides is 1. The van der Waals surface area contributed by atoms with Crippen molar-refractivity contribution in [3.8, 4) is 0 Å². The Labute approximate surface area is 115 Å². The fourth-order valence-electron chi connectivity index (χ4n) is 2.78. The van der Waals surface area contributed by atoms with Crippen LogP contribution in [0.25, 0.3) is 0 Å². The lowest BCUT2D eigenvalue weighted by Crippen LogP contribution is -2.47. The molecule has 5 nitrogen and oxygen atoms in total. The number of rotatable bonds is 3. The van der Waals surface area contributed by atoms with E-state index in [2.05, 4.69) is 11.9 Å². The molecule has 1 aliphatic heterocycles. The Bertz CT molecular complexity index is 454. The molecule has 106 valence electrons. The summed E-state index contributed by atoms with van der Waals surface area (Å²) in [4.78, 5) is 16.7. The highest BCUT2D eigenvalue weighted by atomic mass is 16.2. The zero-order valence-corrected chi connectivity index (χ0v) is 12.1. The van der Waals surface area contributed by atoms with Gasteiger partial charge in [-0.1, -0.05) is 0 Å². The molecule has 0 spiro atoms. The molecule has 1 aliphatic rings. The molecule has 5 heteroatoms. The number of carbonyl (C=O) groups excluding carboxylic acids is 1. The van der Waals surface area contributed by atoms with E-state index >= 15 is 0 Å². The van der Waals surface area contributed by atoms with Gasteiger partial charge in [0.2, 0.25) is 0 Å². The number of anilines is 1. The van der Waals surface area contributed by atoms with E-state index in [9.17, 15) is 4.79 Å². The van der Waals surface area contributed by atoms with Crippen molar-refractivity contribution in [3.05, 3.63) is 18.0 Å². The highest BCUT2D eigenvalue weighted by Gasteiger charge is 2.26. The molecule has 1 amide bonds. The molecule has 1 saturated heterocycles. The van der Waals surface area contributed by atoms with Crippen molar-refractivity contribution < 1.29 is 4.79 Å². The first-order valence-corrected chi connectivity index (χ1v) is 6.94. The van der Waals surface area contributed by atoms with E-state index in [1.165, 1.54) is 0 Å². The van der Waals surface area contributed by atoms with Crippen molar-refractivity contribution in [2.75, 3.05) is 32.9 Å². The first kappa shape index (κ1) is 13.9. The summed E-state index contributed by atoms with van der Waals surface area (Å²) in [6.07, 6.45) is 4.05. The lowest BCUT2D eigenvalue weighted by Gasteiger charge is -2.35. The molecular formula is C14H24N4O. The summed E-state index contributed by atoms with van der Waals surface area (Å²) in [5, 5.41) is 0. The summed E-state index contributed by atoms with van der Waals surface area (Å²) in [6.45, 7) is 4.85. The lowest BCUT2D eigenvalue weighted by molar-refractivity contribution is 0.0633. The Kier molecular flexibility index (Phi) is 4.14. The van der Waals surface area contributed by atoms with Gasteiger partial charge in [0.25, 0.3) is 5.91 Å². The van der Waals surface area contributed by atoms with Crippen LogP contribution in [0.15, 0.2) is 12.3 Å². The van der Waals surface area contributed by atoms with Crippen LogP contribution in [0.1, 0.15) is 30.3 Å². The number of likely N-dealkylation sites (tertiary alicyclic amines) is 1. The fraction of sp³-hybridized carbons (Fsp3) is 0.643. The Balaban J connectivity index is 2.13. The standard InChI is InChI=1S/C14H24N4O/c1-4-18-9-11(15)8-13(18)14(19)17(3)12-6-5-7-16(2)10-12/h8-9,12H,4-7,10,15H2,1-3H3. The van der Waals surface area contributed by atoms with E-state index in [1.807, 2.05) is 29.6 Å². The Hall–Kier alpha value is -1.49.